The highest BCUT2D eigenvalue weighted by atomic mass is 19.1. The second-order valence-electron chi connectivity index (χ2n) is 7.15. The number of hydrogen-bond acceptors (Lipinski definition) is 4. The molecule has 27 heavy (non-hydrogen) atoms. The molecule has 2 aliphatic heterocycles. The van der Waals surface area contributed by atoms with Gasteiger partial charge in [0.15, 0.2) is 5.82 Å². The van der Waals surface area contributed by atoms with Gasteiger partial charge in [0.2, 0.25) is 5.95 Å². The first-order chi connectivity index (χ1) is 13.0. The molecular weight excluding hydrogens is 352 g/mol. The number of carbonyl (C=O) groups excluding carboxylic acids is 1. The van der Waals surface area contributed by atoms with E-state index in [9.17, 15) is 18.7 Å². The average molecular weight is 373 g/mol. The van der Waals surface area contributed by atoms with Crippen LogP contribution in [0.1, 0.15) is 27.9 Å². The van der Waals surface area contributed by atoms with E-state index in [0.29, 0.717) is 19.2 Å². The van der Waals surface area contributed by atoms with Crippen LogP contribution < -0.4 is 0 Å². The van der Waals surface area contributed by atoms with E-state index < -0.39 is 23.8 Å². The van der Waals surface area contributed by atoms with Crippen molar-refractivity contribution in [2.75, 3.05) is 19.6 Å². The van der Waals surface area contributed by atoms with Gasteiger partial charge in [0.1, 0.15) is 0 Å². The number of halogens is 2. The highest BCUT2D eigenvalue weighted by Crippen LogP contribution is 2.26. The van der Waals surface area contributed by atoms with E-state index in [1.807, 2.05) is 12.1 Å². The van der Waals surface area contributed by atoms with Gasteiger partial charge in [0.05, 0.1) is 17.9 Å². The van der Waals surface area contributed by atoms with Crippen molar-refractivity contribution in [3.05, 3.63) is 65.0 Å². The van der Waals surface area contributed by atoms with Crippen molar-refractivity contribution in [1.29, 1.82) is 0 Å². The molecule has 0 saturated carbocycles. The van der Waals surface area contributed by atoms with E-state index in [-0.39, 0.29) is 18.2 Å². The Labute approximate surface area is 156 Å². The molecule has 1 saturated heterocycles. The molecule has 142 valence electrons. The number of β-amino-alcohol motifs (C(OH)–C–C–N with tert-alkyl or cyclic N) is 1. The Morgan fingerprint density at radius 3 is 2.74 bits per heavy atom. The maximum atomic E-state index is 13.8. The Kier molecular flexibility index (Phi) is 4.88. The van der Waals surface area contributed by atoms with Gasteiger partial charge in [-0.2, -0.15) is 4.39 Å². The predicted octanol–water partition coefficient (Wildman–Crippen LogP) is 1.99. The Morgan fingerprint density at radius 2 is 1.96 bits per heavy atom. The van der Waals surface area contributed by atoms with Crippen molar-refractivity contribution in [3.8, 4) is 0 Å². The summed E-state index contributed by atoms with van der Waals surface area (Å²) in [6.07, 6.45) is 1.49. The monoisotopic (exact) mass is 373 g/mol. The van der Waals surface area contributed by atoms with Crippen LogP contribution in [0.4, 0.5) is 8.78 Å². The van der Waals surface area contributed by atoms with Gasteiger partial charge >= 0.3 is 0 Å². The first-order valence-electron chi connectivity index (χ1n) is 9.12. The van der Waals surface area contributed by atoms with Crippen LogP contribution in [0.5, 0.6) is 0 Å². The van der Waals surface area contributed by atoms with Gasteiger partial charge < -0.3 is 10.0 Å². The third kappa shape index (κ3) is 3.57. The molecular formula is C20H21F2N3O2. The normalized spacial score (nSPS) is 23.1. The van der Waals surface area contributed by atoms with Gasteiger partial charge in [-0.15, -0.1) is 0 Å². The van der Waals surface area contributed by atoms with Crippen LogP contribution in [0.2, 0.25) is 0 Å². The summed E-state index contributed by atoms with van der Waals surface area (Å²) in [5.74, 6) is -2.37. The van der Waals surface area contributed by atoms with Crippen molar-refractivity contribution in [2.45, 2.75) is 31.5 Å². The number of aliphatic hydroxyl groups is 1. The van der Waals surface area contributed by atoms with Crippen LogP contribution in [0, 0.1) is 11.8 Å². The van der Waals surface area contributed by atoms with Crippen molar-refractivity contribution < 1.29 is 18.7 Å². The Bertz CT molecular complexity index is 861. The van der Waals surface area contributed by atoms with Crippen LogP contribution in [0.3, 0.4) is 0 Å². The molecule has 4 rings (SSSR count). The molecule has 1 aromatic carbocycles. The minimum atomic E-state index is -0.901. The zero-order valence-corrected chi connectivity index (χ0v) is 14.8. The molecule has 0 unspecified atom stereocenters. The molecule has 1 N–H and O–H groups in total. The third-order valence-electron chi connectivity index (χ3n) is 5.52. The molecule has 2 aromatic rings. The minimum Gasteiger partial charge on any atom is -0.390 e. The number of aromatic nitrogens is 1. The summed E-state index contributed by atoms with van der Waals surface area (Å²) in [5.41, 5.74) is 2.26. The SMILES string of the molecule is O=C(c1cc(F)ncc1F)N1CC[C@H](N2CCc3ccccc3C2)[C@@H](O)C1. The molecule has 1 aromatic heterocycles. The lowest BCUT2D eigenvalue weighted by Crippen LogP contribution is -2.56. The highest BCUT2D eigenvalue weighted by Gasteiger charge is 2.36. The first-order valence-corrected chi connectivity index (χ1v) is 9.12. The van der Waals surface area contributed by atoms with Crippen molar-refractivity contribution >= 4 is 5.91 Å². The van der Waals surface area contributed by atoms with E-state index in [4.69, 9.17) is 0 Å². The van der Waals surface area contributed by atoms with Gasteiger partial charge in [0, 0.05) is 38.3 Å². The lowest BCUT2D eigenvalue weighted by molar-refractivity contribution is -0.0139. The second kappa shape index (κ2) is 7.32. The molecule has 7 heteroatoms. The van der Waals surface area contributed by atoms with E-state index >= 15 is 0 Å². The van der Waals surface area contributed by atoms with Gasteiger partial charge in [-0.1, -0.05) is 24.3 Å². The molecule has 0 radical (unpaired) electrons. The summed E-state index contributed by atoms with van der Waals surface area (Å²) >= 11 is 0. The Balaban J connectivity index is 1.44. The summed E-state index contributed by atoms with van der Waals surface area (Å²) < 4.78 is 27.1. The molecule has 3 heterocycles. The van der Waals surface area contributed by atoms with E-state index in [2.05, 4.69) is 22.0 Å². The quantitative estimate of drug-likeness (QED) is 0.818. The fraction of sp³-hybridized carbons (Fsp3) is 0.400. The predicted molar refractivity (Wildman–Crippen MR) is 95.0 cm³/mol. The van der Waals surface area contributed by atoms with Crippen LogP contribution in [0.15, 0.2) is 36.5 Å². The average Bonchev–Trinajstić information content (AvgIpc) is 2.69. The second-order valence-corrected chi connectivity index (χ2v) is 7.15. The van der Waals surface area contributed by atoms with Gasteiger partial charge in [-0.05, 0) is 24.0 Å². The number of amides is 1. The van der Waals surface area contributed by atoms with E-state index in [1.54, 1.807) is 0 Å². The standard InChI is InChI=1S/C20H21F2N3O2/c21-16-10-23-19(22)9-15(16)20(27)25-8-6-17(18(26)12-25)24-7-5-13-3-1-2-4-14(13)11-24/h1-4,9-10,17-18,26H,5-8,11-12H2/t17-,18-/m0/s1. The van der Waals surface area contributed by atoms with Gasteiger partial charge in [0.25, 0.3) is 5.91 Å². The number of fused-ring (bicyclic) bond motifs is 1. The number of aliphatic hydroxyl groups excluding tert-OH is 1. The number of piperidine rings is 1. The number of benzene rings is 1. The number of likely N-dealkylation sites (tertiary alicyclic amines) is 1. The number of pyridine rings is 1. The maximum absolute atomic E-state index is 13.8. The van der Waals surface area contributed by atoms with Gasteiger partial charge in [-0.3, -0.25) is 9.69 Å². The smallest absolute Gasteiger partial charge is 0.257 e. The molecule has 0 aliphatic carbocycles. The van der Waals surface area contributed by atoms with Crippen molar-refractivity contribution in [1.82, 2.24) is 14.8 Å². The largest absolute Gasteiger partial charge is 0.390 e. The van der Waals surface area contributed by atoms with E-state index in [0.717, 1.165) is 25.6 Å². The fourth-order valence-corrected chi connectivity index (χ4v) is 4.08. The van der Waals surface area contributed by atoms with Crippen LogP contribution in [0.25, 0.3) is 0 Å². The maximum Gasteiger partial charge on any atom is 0.257 e. The summed E-state index contributed by atoms with van der Waals surface area (Å²) in [7, 11) is 0. The summed E-state index contributed by atoms with van der Waals surface area (Å²) in [5, 5.41) is 10.6. The molecule has 2 atom stereocenters. The highest BCUT2D eigenvalue weighted by molar-refractivity contribution is 5.94. The number of carbonyl (C=O) groups is 1. The Hall–Kier alpha value is -2.38. The van der Waals surface area contributed by atoms with Crippen LogP contribution in [-0.4, -0.2) is 57.6 Å². The third-order valence-corrected chi connectivity index (χ3v) is 5.52. The first kappa shape index (κ1) is 18.0. The molecule has 2 aliphatic rings. The minimum absolute atomic E-state index is 0.0542. The van der Waals surface area contributed by atoms with Gasteiger partial charge in [-0.25, -0.2) is 9.37 Å². The molecule has 0 spiro atoms. The molecule has 5 nitrogen and oxygen atoms in total. The Morgan fingerprint density at radius 1 is 1.19 bits per heavy atom. The lowest BCUT2D eigenvalue weighted by atomic mass is 9.94. The van der Waals surface area contributed by atoms with E-state index in [1.165, 1.54) is 16.0 Å². The number of nitrogens with zero attached hydrogens (tertiary/aromatic N) is 3. The number of rotatable bonds is 2. The summed E-state index contributed by atoms with van der Waals surface area (Å²) in [6, 6.07) is 9.04. The molecule has 1 amide bonds. The molecule has 0 bridgehead atoms. The zero-order valence-electron chi connectivity index (χ0n) is 14.8. The van der Waals surface area contributed by atoms with Crippen LogP contribution in [-0.2, 0) is 13.0 Å². The topological polar surface area (TPSA) is 56.7 Å². The van der Waals surface area contributed by atoms with Crippen molar-refractivity contribution in [3.63, 3.8) is 0 Å². The number of hydrogen-bond donors (Lipinski definition) is 1. The zero-order chi connectivity index (χ0) is 19.0. The molecule has 1 fully saturated rings. The lowest BCUT2D eigenvalue weighted by Gasteiger charge is -2.43. The summed E-state index contributed by atoms with van der Waals surface area (Å²) in [6.45, 7) is 2.13. The van der Waals surface area contributed by atoms with Crippen LogP contribution >= 0.6 is 0 Å². The van der Waals surface area contributed by atoms with Crippen molar-refractivity contribution in [2.24, 2.45) is 0 Å². The fourth-order valence-electron chi connectivity index (χ4n) is 4.08. The summed E-state index contributed by atoms with van der Waals surface area (Å²) in [4.78, 5) is 19.4.